The molecule has 3 heterocycles. The largest absolute Gasteiger partial charge is 0.496 e. The van der Waals surface area contributed by atoms with Gasteiger partial charge in [0.25, 0.3) is 11.8 Å². The SMILES string of the molecule is COc1cc2sc(C(C)(C)NC(=O)Nc3ccc4c(c3)C(=O)N(C3CCC(=O)NC3=O)C4=O)nc2cc1C. The fraction of sp³-hybridized carbons (Fsp3) is 0.308. The van der Waals surface area contributed by atoms with E-state index in [1.807, 2.05) is 32.9 Å². The highest BCUT2D eigenvalue weighted by Crippen LogP contribution is 2.34. The van der Waals surface area contributed by atoms with Crippen LogP contribution in [0.5, 0.6) is 5.75 Å². The molecular weight excluding hydrogens is 510 g/mol. The average molecular weight is 536 g/mol. The van der Waals surface area contributed by atoms with Crippen molar-refractivity contribution in [1.29, 1.82) is 0 Å². The zero-order valence-electron chi connectivity index (χ0n) is 21.1. The number of anilines is 1. The van der Waals surface area contributed by atoms with Crippen LogP contribution in [-0.4, -0.2) is 52.7 Å². The summed E-state index contributed by atoms with van der Waals surface area (Å²) in [5.41, 5.74) is 1.45. The van der Waals surface area contributed by atoms with E-state index in [4.69, 9.17) is 4.74 Å². The Balaban J connectivity index is 1.31. The number of aromatic nitrogens is 1. The Hall–Kier alpha value is -4.32. The van der Waals surface area contributed by atoms with Crippen LogP contribution >= 0.6 is 11.3 Å². The third-order valence-corrected chi connectivity index (χ3v) is 7.91. The Morgan fingerprint density at radius 1 is 1.13 bits per heavy atom. The molecule has 2 aliphatic heterocycles. The number of carbonyl (C=O) groups excluding carboxylic acids is 5. The number of aryl methyl sites for hydroxylation is 1. The lowest BCUT2D eigenvalue weighted by Gasteiger charge is -2.27. The Morgan fingerprint density at radius 2 is 1.87 bits per heavy atom. The van der Waals surface area contributed by atoms with Crippen molar-refractivity contribution in [2.24, 2.45) is 0 Å². The standard InChI is InChI=1S/C26H25N5O6S/c1-12-9-16-19(11-18(12)37-4)38-24(28-16)26(2,3)30-25(36)27-13-5-6-14-15(10-13)23(35)31(22(14)34)17-7-8-20(32)29-21(17)33/h5-6,9-11,17H,7-8H2,1-4H3,(H2,27,30,36)(H,29,32,33). The molecule has 3 N–H and O–H groups in total. The molecule has 11 nitrogen and oxygen atoms in total. The lowest BCUT2D eigenvalue weighted by Crippen LogP contribution is -2.54. The second-order valence-electron chi connectivity index (χ2n) is 9.72. The van der Waals surface area contributed by atoms with Gasteiger partial charge >= 0.3 is 6.03 Å². The molecule has 12 heteroatoms. The van der Waals surface area contributed by atoms with Crippen LogP contribution in [0.1, 0.15) is 58.0 Å². The maximum atomic E-state index is 13.0. The monoisotopic (exact) mass is 535 g/mol. The molecule has 5 rings (SSSR count). The summed E-state index contributed by atoms with van der Waals surface area (Å²) < 4.78 is 6.32. The number of imide groups is 2. The van der Waals surface area contributed by atoms with E-state index >= 15 is 0 Å². The average Bonchev–Trinajstić information content (AvgIpc) is 3.37. The number of urea groups is 1. The van der Waals surface area contributed by atoms with E-state index in [0.29, 0.717) is 10.7 Å². The Bertz CT molecular complexity index is 1540. The fourth-order valence-electron chi connectivity index (χ4n) is 4.60. The summed E-state index contributed by atoms with van der Waals surface area (Å²) in [6.45, 7) is 5.60. The lowest BCUT2D eigenvalue weighted by atomic mass is 10.0. The molecule has 196 valence electrons. The van der Waals surface area contributed by atoms with Gasteiger partial charge in [0.2, 0.25) is 11.8 Å². The summed E-state index contributed by atoms with van der Waals surface area (Å²) in [6.07, 6.45) is 0.102. The molecule has 3 aromatic rings. The Labute approximate surface area is 221 Å². The number of rotatable bonds is 5. The second kappa shape index (κ2) is 9.21. The van der Waals surface area contributed by atoms with Gasteiger partial charge in [-0.05, 0) is 63.1 Å². The molecule has 0 radical (unpaired) electrons. The number of amides is 6. The molecule has 0 aliphatic carbocycles. The summed E-state index contributed by atoms with van der Waals surface area (Å²) in [6, 6.07) is 6.62. The molecule has 0 bridgehead atoms. The van der Waals surface area contributed by atoms with Crippen LogP contribution in [-0.2, 0) is 15.1 Å². The molecule has 38 heavy (non-hydrogen) atoms. The number of benzene rings is 2. The number of thiazole rings is 1. The van der Waals surface area contributed by atoms with Crippen molar-refractivity contribution >= 4 is 56.9 Å². The first-order chi connectivity index (χ1) is 18.0. The lowest BCUT2D eigenvalue weighted by molar-refractivity contribution is -0.136. The van der Waals surface area contributed by atoms with Gasteiger partial charge < -0.3 is 15.4 Å². The molecule has 0 spiro atoms. The van der Waals surface area contributed by atoms with Crippen LogP contribution < -0.4 is 20.7 Å². The van der Waals surface area contributed by atoms with E-state index in [1.54, 1.807) is 7.11 Å². The summed E-state index contributed by atoms with van der Waals surface area (Å²) in [7, 11) is 1.61. The van der Waals surface area contributed by atoms with Gasteiger partial charge in [-0.3, -0.25) is 29.4 Å². The van der Waals surface area contributed by atoms with Crippen LogP contribution in [0.4, 0.5) is 10.5 Å². The van der Waals surface area contributed by atoms with Gasteiger partial charge in [0.15, 0.2) is 0 Å². The molecule has 2 aliphatic rings. The molecule has 2 aromatic carbocycles. The quantitative estimate of drug-likeness (QED) is 0.426. The molecule has 1 unspecified atom stereocenters. The van der Waals surface area contributed by atoms with E-state index in [-0.39, 0.29) is 24.0 Å². The normalized spacial score (nSPS) is 17.5. The zero-order chi connectivity index (χ0) is 27.4. The summed E-state index contributed by atoms with van der Waals surface area (Å²) in [5.74, 6) is -1.62. The van der Waals surface area contributed by atoms with E-state index in [0.717, 1.165) is 26.4 Å². The third kappa shape index (κ3) is 4.36. The van der Waals surface area contributed by atoms with Crippen LogP contribution in [0.25, 0.3) is 10.2 Å². The smallest absolute Gasteiger partial charge is 0.319 e. The zero-order valence-corrected chi connectivity index (χ0v) is 21.9. The van der Waals surface area contributed by atoms with Crippen molar-refractivity contribution in [3.05, 3.63) is 52.0 Å². The van der Waals surface area contributed by atoms with Crippen molar-refractivity contribution < 1.29 is 28.7 Å². The summed E-state index contributed by atoms with van der Waals surface area (Å²) >= 11 is 1.45. The number of hydrogen-bond acceptors (Lipinski definition) is 8. The maximum Gasteiger partial charge on any atom is 0.319 e. The van der Waals surface area contributed by atoms with Crippen LogP contribution in [0.15, 0.2) is 30.3 Å². The molecule has 0 saturated carbocycles. The van der Waals surface area contributed by atoms with Gasteiger partial charge in [-0.15, -0.1) is 11.3 Å². The molecule has 1 fully saturated rings. The first-order valence-corrected chi connectivity index (χ1v) is 12.7. The number of methoxy groups -OCH3 is 1. The predicted molar refractivity (Wildman–Crippen MR) is 139 cm³/mol. The highest BCUT2D eigenvalue weighted by atomic mass is 32.1. The number of carbonyl (C=O) groups is 5. The number of ether oxygens (including phenoxy) is 1. The van der Waals surface area contributed by atoms with Crippen molar-refractivity contribution in [2.45, 2.75) is 45.2 Å². The molecule has 1 atom stereocenters. The Kier molecular flexibility index (Phi) is 6.14. The number of nitrogens with zero attached hydrogens (tertiary/aromatic N) is 2. The highest BCUT2D eigenvalue weighted by Gasteiger charge is 2.44. The van der Waals surface area contributed by atoms with E-state index in [2.05, 4.69) is 20.9 Å². The van der Waals surface area contributed by atoms with Crippen molar-refractivity contribution in [3.63, 3.8) is 0 Å². The topological polar surface area (TPSA) is 147 Å². The van der Waals surface area contributed by atoms with Crippen LogP contribution in [0, 0.1) is 6.92 Å². The first kappa shape index (κ1) is 25.3. The van der Waals surface area contributed by atoms with Gasteiger partial charge in [-0.1, -0.05) is 0 Å². The highest BCUT2D eigenvalue weighted by molar-refractivity contribution is 7.18. The van der Waals surface area contributed by atoms with Crippen molar-refractivity contribution in [1.82, 2.24) is 20.5 Å². The van der Waals surface area contributed by atoms with Crippen LogP contribution in [0.2, 0.25) is 0 Å². The number of hydrogen-bond donors (Lipinski definition) is 3. The maximum absolute atomic E-state index is 13.0. The molecule has 1 saturated heterocycles. The van der Waals surface area contributed by atoms with Gasteiger partial charge in [-0.25, -0.2) is 9.78 Å². The molecular formula is C26H25N5O6S. The minimum Gasteiger partial charge on any atom is -0.496 e. The fourth-order valence-corrected chi connectivity index (χ4v) is 5.63. The minimum absolute atomic E-state index is 0.0361. The molecule has 6 amide bonds. The number of piperidine rings is 1. The van der Waals surface area contributed by atoms with Gasteiger partial charge in [0.05, 0.1) is 34.0 Å². The Morgan fingerprint density at radius 3 is 2.58 bits per heavy atom. The predicted octanol–water partition coefficient (Wildman–Crippen LogP) is 3.07. The number of fused-ring (bicyclic) bond motifs is 2. The minimum atomic E-state index is -1.06. The van der Waals surface area contributed by atoms with Gasteiger partial charge in [0.1, 0.15) is 16.8 Å². The summed E-state index contributed by atoms with van der Waals surface area (Å²) in [5, 5.41) is 8.47. The van der Waals surface area contributed by atoms with E-state index < -0.39 is 41.2 Å². The summed E-state index contributed by atoms with van der Waals surface area (Å²) in [4.78, 5) is 68.1. The third-order valence-electron chi connectivity index (χ3n) is 6.56. The molecule has 1 aromatic heterocycles. The van der Waals surface area contributed by atoms with Gasteiger partial charge in [-0.2, -0.15) is 0 Å². The van der Waals surface area contributed by atoms with Crippen molar-refractivity contribution in [2.75, 3.05) is 12.4 Å². The van der Waals surface area contributed by atoms with E-state index in [9.17, 15) is 24.0 Å². The van der Waals surface area contributed by atoms with Gasteiger partial charge in [0, 0.05) is 12.1 Å². The second-order valence-corrected chi connectivity index (χ2v) is 10.8. The van der Waals surface area contributed by atoms with Crippen LogP contribution in [0.3, 0.4) is 0 Å². The van der Waals surface area contributed by atoms with E-state index in [1.165, 1.54) is 29.5 Å². The van der Waals surface area contributed by atoms with Crippen molar-refractivity contribution in [3.8, 4) is 5.75 Å². The number of nitrogens with one attached hydrogen (secondary N) is 3. The first-order valence-electron chi connectivity index (χ1n) is 11.9.